The summed E-state index contributed by atoms with van der Waals surface area (Å²) in [5.74, 6) is 0. The minimum atomic E-state index is 0.204. The van der Waals surface area contributed by atoms with Gasteiger partial charge >= 0.3 is 0 Å². The van der Waals surface area contributed by atoms with Crippen LogP contribution < -0.4 is 5.32 Å². The molecule has 0 bridgehead atoms. The summed E-state index contributed by atoms with van der Waals surface area (Å²) in [6, 6.07) is 6.35. The molecule has 4 aromatic rings. The van der Waals surface area contributed by atoms with Gasteiger partial charge in [0.25, 0.3) is 0 Å². The quantitative estimate of drug-likeness (QED) is 0.602. The molecule has 1 atom stereocenters. The number of nitrogens with one attached hydrogen (secondary N) is 1. The highest BCUT2D eigenvalue weighted by Gasteiger charge is 2.13. The van der Waals surface area contributed by atoms with E-state index in [0.29, 0.717) is 0 Å². The summed E-state index contributed by atoms with van der Waals surface area (Å²) < 4.78 is 4.02. The molecule has 134 valence electrons. The molecular formula is C20H24N6. The highest BCUT2D eigenvalue weighted by atomic mass is 15.3. The zero-order valence-electron chi connectivity index (χ0n) is 15.7. The Morgan fingerprint density at radius 3 is 2.88 bits per heavy atom. The second-order valence-electron chi connectivity index (χ2n) is 6.93. The number of imidazole rings is 1. The Bertz CT molecular complexity index is 1070. The summed E-state index contributed by atoms with van der Waals surface area (Å²) in [4.78, 5) is 9.27. The van der Waals surface area contributed by atoms with Gasteiger partial charge in [-0.3, -0.25) is 0 Å². The van der Waals surface area contributed by atoms with Gasteiger partial charge in [0.05, 0.1) is 11.4 Å². The summed E-state index contributed by atoms with van der Waals surface area (Å²) in [7, 11) is 0. The van der Waals surface area contributed by atoms with Gasteiger partial charge in [-0.2, -0.15) is 5.10 Å². The Morgan fingerprint density at radius 2 is 2.08 bits per heavy atom. The van der Waals surface area contributed by atoms with Gasteiger partial charge in [-0.1, -0.05) is 6.07 Å². The van der Waals surface area contributed by atoms with Crippen LogP contribution in [0.4, 0.5) is 0 Å². The maximum atomic E-state index is 4.74. The Morgan fingerprint density at radius 1 is 1.23 bits per heavy atom. The molecule has 26 heavy (non-hydrogen) atoms. The minimum Gasteiger partial charge on any atom is -0.310 e. The van der Waals surface area contributed by atoms with Gasteiger partial charge in [-0.25, -0.2) is 14.5 Å². The zero-order chi connectivity index (χ0) is 18.3. The molecule has 0 spiro atoms. The van der Waals surface area contributed by atoms with Crippen LogP contribution in [0.25, 0.3) is 11.3 Å². The molecular weight excluding hydrogens is 324 g/mol. The Hall–Kier alpha value is -2.73. The standard InChI is InChI=1S/C20H24N6/c1-13-6-5-9-25-12-17(23-20(13)25)7-8-21-15(3)18-11-22-19-10-14(2)24-26(19)16(18)4/h5-6,9-12,15,21H,7-8H2,1-4H3/t15-/m0/s1. The molecule has 0 unspecified atom stereocenters. The molecule has 4 rings (SSSR count). The maximum absolute atomic E-state index is 4.74. The Labute approximate surface area is 152 Å². The third-order valence-electron chi connectivity index (χ3n) is 4.91. The predicted octanol–water partition coefficient (Wildman–Crippen LogP) is 3.20. The van der Waals surface area contributed by atoms with Gasteiger partial charge < -0.3 is 9.72 Å². The van der Waals surface area contributed by atoms with E-state index in [1.54, 1.807) is 0 Å². The van der Waals surface area contributed by atoms with Gasteiger partial charge in [0.15, 0.2) is 5.65 Å². The van der Waals surface area contributed by atoms with Crippen molar-refractivity contribution in [2.45, 2.75) is 40.2 Å². The molecule has 4 heterocycles. The van der Waals surface area contributed by atoms with E-state index in [0.717, 1.165) is 41.3 Å². The molecule has 0 aromatic carbocycles. The van der Waals surface area contributed by atoms with Crippen LogP contribution in [-0.4, -0.2) is 30.5 Å². The topological polar surface area (TPSA) is 59.5 Å². The smallest absolute Gasteiger partial charge is 0.155 e. The van der Waals surface area contributed by atoms with Crippen LogP contribution in [0.3, 0.4) is 0 Å². The first-order valence-corrected chi connectivity index (χ1v) is 9.01. The van der Waals surface area contributed by atoms with Crippen molar-refractivity contribution < 1.29 is 0 Å². The number of hydrogen-bond donors (Lipinski definition) is 1. The van der Waals surface area contributed by atoms with Crippen LogP contribution >= 0.6 is 0 Å². The second kappa shape index (κ2) is 6.53. The van der Waals surface area contributed by atoms with E-state index in [4.69, 9.17) is 4.98 Å². The molecule has 6 heteroatoms. The number of aryl methyl sites for hydroxylation is 3. The third-order valence-corrected chi connectivity index (χ3v) is 4.91. The molecule has 1 N–H and O–H groups in total. The summed E-state index contributed by atoms with van der Waals surface area (Å²) in [6.45, 7) is 9.21. The van der Waals surface area contributed by atoms with E-state index in [1.165, 1.54) is 11.1 Å². The highest BCUT2D eigenvalue weighted by molar-refractivity contribution is 5.48. The highest BCUT2D eigenvalue weighted by Crippen LogP contribution is 2.18. The number of aromatic nitrogens is 5. The van der Waals surface area contributed by atoms with E-state index in [1.807, 2.05) is 29.9 Å². The molecule has 0 amide bonds. The summed E-state index contributed by atoms with van der Waals surface area (Å²) in [5.41, 5.74) is 7.53. The fourth-order valence-corrected chi connectivity index (χ4v) is 3.45. The van der Waals surface area contributed by atoms with E-state index in [9.17, 15) is 0 Å². The average Bonchev–Trinajstić information content (AvgIpc) is 3.19. The van der Waals surface area contributed by atoms with Crippen molar-refractivity contribution in [3.8, 4) is 0 Å². The van der Waals surface area contributed by atoms with Gasteiger partial charge in [0.1, 0.15) is 5.65 Å². The maximum Gasteiger partial charge on any atom is 0.155 e. The van der Waals surface area contributed by atoms with Crippen LogP contribution in [0, 0.1) is 20.8 Å². The summed E-state index contributed by atoms with van der Waals surface area (Å²) >= 11 is 0. The lowest BCUT2D eigenvalue weighted by Gasteiger charge is -2.16. The predicted molar refractivity (Wildman–Crippen MR) is 103 cm³/mol. The molecule has 0 aliphatic carbocycles. The Kier molecular flexibility index (Phi) is 4.20. The Balaban J connectivity index is 1.45. The van der Waals surface area contributed by atoms with E-state index >= 15 is 0 Å². The number of nitrogens with zero attached hydrogens (tertiary/aromatic N) is 5. The second-order valence-corrected chi connectivity index (χ2v) is 6.93. The van der Waals surface area contributed by atoms with Crippen molar-refractivity contribution >= 4 is 11.3 Å². The molecule has 4 aromatic heterocycles. The van der Waals surface area contributed by atoms with E-state index in [-0.39, 0.29) is 6.04 Å². The van der Waals surface area contributed by atoms with Crippen molar-refractivity contribution in [3.05, 3.63) is 65.0 Å². The van der Waals surface area contributed by atoms with E-state index in [2.05, 4.69) is 58.9 Å². The monoisotopic (exact) mass is 348 g/mol. The molecule has 0 saturated heterocycles. The number of rotatable bonds is 5. The molecule has 0 radical (unpaired) electrons. The minimum absolute atomic E-state index is 0.204. The first-order chi connectivity index (χ1) is 12.5. The average molecular weight is 348 g/mol. The first kappa shape index (κ1) is 16.7. The number of pyridine rings is 1. The van der Waals surface area contributed by atoms with Crippen LogP contribution in [0.1, 0.15) is 41.2 Å². The van der Waals surface area contributed by atoms with Crippen molar-refractivity contribution in [1.82, 2.24) is 29.3 Å². The van der Waals surface area contributed by atoms with Crippen LogP contribution in [0.15, 0.2) is 36.8 Å². The number of hydrogen-bond acceptors (Lipinski definition) is 4. The summed E-state index contributed by atoms with van der Waals surface area (Å²) in [5, 5.41) is 8.12. The SMILES string of the molecule is Cc1cc2ncc([C@H](C)NCCc3cn4cccc(C)c4n3)c(C)n2n1. The van der Waals surface area contributed by atoms with Crippen molar-refractivity contribution in [2.24, 2.45) is 0 Å². The lowest BCUT2D eigenvalue weighted by atomic mass is 10.1. The third kappa shape index (κ3) is 2.97. The van der Waals surface area contributed by atoms with Crippen molar-refractivity contribution in [3.63, 3.8) is 0 Å². The molecule has 6 nitrogen and oxygen atoms in total. The molecule has 0 fully saturated rings. The molecule has 0 aliphatic rings. The molecule has 0 saturated carbocycles. The van der Waals surface area contributed by atoms with Gasteiger partial charge in [0.2, 0.25) is 0 Å². The van der Waals surface area contributed by atoms with Gasteiger partial charge in [-0.05, 0) is 39.3 Å². The van der Waals surface area contributed by atoms with Crippen LogP contribution in [-0.2, 0) is 6.42 Å². The van der Waals surface area contributed by atoms with Crippen molar-refractivity contribution in [1.29, 1.82) is 0 Å². The molecule has 0 aliphatic heterocycles. The van der Waals surface area contributed by atoms with Crippen LogP contribution in [0.2, 0.25) is 0 Å². The number of fused-ring (bicyclic) bond motifs is 2. The van der Waals surface area contributed by atoms with Crippen molar-refractivity contribution in [2.75, 3.05) is 6.54 Å². The van der Waals surface area contributed by atoms with Gasteiger partial charge in [0, 0.05) is 54.9 Å². The fraction of sp³-hybridized carbons (Fsp3) is 0.350. The van der Waals surface area contributed by atoms with Crippen LogP contribution in [0.5, 0.6) is 0 Å². The summed E-state index contributed by atoms with van der Waals surface area (Å²) in [6.07, 6.45) is 7.00. The fourth-order valence-electron chi connectivity index (χ4n) is 3.45. The first-order valence-electron chi connectivity index (χ1n) is 9.01. The largest absolute Gasteiger partial charge is 0.310 e. The van der Waals surface area contributed by atoms with Gasteiger partial charge in [-0.15, -0.1) is 0 Å². The van der Waals surface area contributed by atoms with E-state index < -0.39 is 0 Å². The zero-order valence-corrected chi connectivity index (χ0v) is 15.7. The lowest BCUT2D eigenvalue weighted by Crippen LogP contribution is -2.23. The normalized spacial score (nSPS) is 12.9. The lowest BCUT2D eigenvalue weighted by molar-refractivity contribution is 0.565.